The summed E-state index contributed by atoms with van der Waals surface area (Å²) in [5, 5.41) is 3.84. The third kappa shape index (κ3) is 4.11. The van der Waals surface area contributed by atoms with Crippen LogP contribution in [0.3, 0.4) is 0 Å². The molecule has 1 unspecified atom stereocenters. The molecular formula is C29H31ClN2O2Si. The molecule has 6 heteroatoms. The summed E-state index contributed by atoms with van der Waals surface area (Å²) in [6, 6.07) is 27.0. The van der Waals surface area contributed by atoms with Gasteiger partial charge in [-0.05, 0) is 60.3 Å². The van der Waals surface area contributed by atoms with Gasteiger partial charge in [0, 0.05) is 28.2 Å². The largest absolute Gasteiger partial charge is 0.337 e. The van der Waals surface area contributed by atoms with Gasteiger partial charge in [-0.25, -0.2) is 0 Å². The summed E-state index contributed by atoms with van der Waals surface area (Å²) in [5.74, 6) is -0.158. The van der Waals surface area contributed by atoms with Crippen molar-refractivity contribution in [2.24, 2.45) is 5.92 Å². The zero-order valence-electron chi connectivity index (χ0n) is 20.5. The van der Waals surface area contributed by atoms with Gasteiger partial charge in [0.05, 0.1) is 8.07 Å². The van der Waals surface area contributed by atoms with Gasteiger partial charge in [-0.3, -0.25) is 9.59 Å². The second kappa shape index (κ2) is 8.65. The Balaban J connectivity index is 1.65. The molecule has 1 saturated carbocycles. The van der Waals surface area contributed by atoms with Crippen molar-refractivity contribution < 1.29 is 9.59 Å². The Bertz CT molecular complexity index is 1240. The summed E-state index contributed by atoms with van der Waals surface area (Å²) >= 11 is 6.18. The first-order chi connectivity index (χ1) is 16.6. The summed E-state index contributed by atoms with van der Waals surface area (Å²) in [6.07, 6.45) is 0. The fraction of sp³-hybridized carbons (Fsp3) is 0.310. The number of amides is 2. The second-order valence-electron chi connectivity index (χ2n) is 11.0. The quantitative estimate of drug-likeness (QED) is 0.412. The van der Waals surface area contributed by atoms with Gasteiger partial charge in [-0.15, -0.1) is 0 Å². The number of benzene rings is 3. The van der Waals surface area contributed by atoms with Crippen LogP contribution in [0.5, 0.6) is 0 Å². The second-order valence-corrected chi connectivity index (χ2v) is 16.9. The Kier molecular flexibility index (Phi) is 5.89. The molecule has 3 aromatic rings. The third-order valence-electron chi connectivity index (χ3n) is 7.68. The van der Waals surface area contributed by atoms with Crippen LogP contribution in [0.4, 0.5) is 5.69 Å². The topological polar surface area (TPSA) is 49.4 Å². The molecule has 4 nitrogen and oxygen atoms in total. The van der Waals surface area contributed by atoms with Crippen LogP contribution in [0.15, 0.2) is 84.9 Å². The molecule has 1 N–H and O–H groups in total. The van der Waals surface area contributed by atoms with Gasteiger partial charge in [0.15, 0.2) is 0 Å². The SMILES string of the molecule is C[C@]1(NC(=O)c2ccccc2)C(=O)N(c2ccc(Cl)cc2)[C@@H]2C([Si](C)(C)C)[C@@H]2[C@@H]1c1ccccc1. The first kappa shape index (κ1) is 23.8. The van der Waals surface area contributed by atoms with E-state index in [1.165, 1.54) is 0 Å². The normalized spacial score (nSPS) is 27.8. The van der Waals surface area contributed by atoms with Crippen molar-refractivity contribution in [2.75, 3.05) is 4.90 Å². The summed E-state index contributed by atoms with van der Waals surface area (Å²) in [6.45, 7) is 9.04. The predicted molar refractivity (Wildman–Crippen MR) is 145 cm³/mol. The average molecular weight is 503 g/mol. The number of halogens is 1. The van der Waals surface area contributed by atoms with Crippen LogP contribution in [-0.2, 0) is 4.79 Å². The van der Waals surface area contributed by atoms with E-state index in [1.807, 2.05) is 72.5 Å². The Labute approximate surface area is 213 Å². The van der Waals surface area contributed by atoms with Crippen LogP contribution < -0.4 is 10.2 Å². The monoisotopic (exact) mass is 502 g/mol. The molecule has 5 atom stereocenters. The minimum Gasteiger partial charge on any atom is -0.337 e. The Morgan fingerprint density at radius 3 is 2.06 bits per heavy atom. The number of fused-ring (bicyclic) bond motifs is 1. The molecule has 1 saturated heterocycles. The molecule has 1 aliphatic carbocycles. The highest BCUT2D eigenvalue weighted by Crippen LogP contribution is 2.66. The lowest BCUT2D eigenvalue weighted by Gasteiger charge is -2.45. The molecule has 1 aliphatic heterocycles. The molecule has 0 aromatic heterocycles. The first-order valence-electron chi connectivity index (χ1n) is 12.1. The lowest BCUT2D eigenvalue weighted by molar-refractivity contribution is -0.126. The maximum atomic E-state index is 14.5. The molecule has 2 amide bonds. The number of hydrogen-bond acceptors (Lipinski definition) is 2. The Morgan fingerprint density at radius 1 is 0.914 bits per heavy atom. The van der Waals surface area contributed by atoms with E-state index in [-0.39, 0.29) is 29.7 Å². The minimum atomic E-state index is -1.64. The van der Waals surface area contributed by atoms with Crippen molar-refractivity contribution in [3.63, 3.8) is 0 Å². The molecule has 1 heterocycles. The van der Waals surface area contributed by atoms with Crippen molar-refractivity contribution in [1.29, 1.82) is 0 Å². The fourth-order valence-electron chi connectivity index (χ4n) is 6.18. The molecule has 2 aliphatic rings. The van der Waals surface area contributed by atoms with Crippen molar-refractivity contribution in [1.82, 2.24) is 5.32 Å². The van der Waals surface area contributed by atoms with Crippen LogP contribution in [0.25, 0.3) is 0 Å². The zero-order valence-corrected chi connectivity index (χ0v) is 22.3. The molecule has 2 fully saturated rings. The van der Waals surface area contributed by atoms with Crippen LogP contribution >= 0.6 is 11.6 Å². The van der Waals surface area contributed by atoms with E-state index in [0.717, 1.165) is 11.3 Å². The van der Waals surface area contributed by atoms with Gasteiger partial charge in [0.25, 0.3) is 11.8 Å². The lowest BCUT2D eigenvalue weighted by Crippen LogP contribution is -2.65. The first-order valence-corrected chi connectivity index (χ1v) is 16.1. The Morgan fingerprint density at radius 2 is 1.49 bits per heavy atom. The van der Waals surface area contributed by atoms with Gasteiger partial charge >= 0.3 is 0 Å². The number of hydrogen-bond donors (Lipinski definition) is 1. The minimum absolute atomic E-state index is 0.0695. The standard InChI is InChI=1S/C29H31ClN2O2Si/c1-29(31-27(33)20-13-9-6-10-14-20)24(19-11-7-5-8-12-19)23-25(26(23)35(2,3)4)32(28(29)34)22-17-15-21(30)16-18-22/h5-18,23-26H,1-4H3,(H,31,33)/t23-,24+,25+,26?,29-/m1/s1. The van der Waals surface area contributed by atoms with Gasteiger partial charge in [-0.1, -0.05) is 79.8 Å². The number of anilines is 1. The molecule has 35 heavy (non-hydrogen) atoms. The van der Waals surface area contributed by atoms with Crippen molar-refractivity contribution in [3.05, 3.63) is 101 Å². The summed E-state index contributed by atoms with van der Waals surface area (Å²) in [7, 11) is -1.64. The maximum absolute atomic E-state index is 14.5. The van der Waals surface area contributed by atoms with Crippen molar-refractivity contribution in [2.45, 2.75) is 49.6 Å². The van der Waals surface area contributed by atoms with Crippen LogP contribution in [-0.4, -0.2) is 31.5 Å². The molecule has 0 bridgehead atoms. The van der Waals surface area contributed by atoms with E-state index in [9.17, 15) is 9.59 Å². The van der Waals surface area contributed by atoms with Gasteiger partial charge < -0.3 is 10.2 Å². The lowest BCUT2D eigenvalue weighted by atomic mass is 9.73. The summed E-state index contributed by atoms with van der Waals surface area (Å²) < 4.78 is 0. The number of nitrogens with zero attached hydrogens (tertiary/aromatic N) is 1. The fourth-order valence-corrected chi connectivity index (χ4v) is 9.14. The van der Waals surface area contributed by atoms with E-state index >= 15 is 0 Å². The predicted octanol–water partition coefficient (Wildman–Crippen LogP) is 6.37. The van der Waals surface area contributed by atoms with Crippen molar-refractivity contribution in [3.8, 4) is 0 Å². The maximum Gasteiger partial charge on any atom is 0.253 e. The summed E-state index contributed by atoms with van der Waals surface area (Å²) in [5.41, 5.74) is 1.79. The van der Waals surface area contributed by atoms with Gasteiger partial charge in [-0.2, -0.15) is 0 Å². The molecule has 5 rings (SSSR count). The molecule has 3 aromatic carbocycles. The van der Waals surface area contributed by atoms with Gasteiger partial charge in [0.2, 0.25) is 0 Å². The number of nitrogens with one attached hydrogen (secondary N) is 1. The number of rotatable bonds is 5. The molecule has 180 valence electrons. The third-order valence-corrected chi connectivity index (χ3v) is 10.7. The van der Waals surface area contributed by atoms with Crippen LogP contribution in [0.2, 0.25) is 30.2 Å². The average Bonchev–Trinajstić information content (AvgIpc) is 3.57. The summed E-state index contributed by atoms with van der Waals surface area (Å²) in [4.78, 5) is 29.9. The van der Waals surface area contributed by atoms with Gasteiger partial charge in [0.1, 0.15) is 5.54 Å². The number of piperidine rings is 1. The van der Waals surface area contributed by atoms with E-state index in [4.69, 9.17) is 11.6 Å². The number of carbonyl (C=O) groups is 2. The molecular weight excluding hydrogens is 472 g/mol. The molecule has 0 radical (unpaired) electrons. The number of carbonyl (C=O) groups excluding carboxylic acids is 2. The van der Waals surface area contributed by atoms with E-state index in [2.05, 4.69) is 37.1 Å². The van der Waals surface area contributed by atoms with Crippen LogP contribution in [0.1, 0.15) is 28.8 Å². The molecule has 0 spiro atoms. The highest BCUT2D eigenvalue weighted by Gasteiger charge is 2.71. The highest BCUT2D eigenvalue weighted by atomic mass is 35.5. The van der Waals surface area contributed by atoms with Crippen molar-refractivity contribution >= 4 is 37.2 Å². The zero-order chi connectivity index (χ0) is 25.0. The highest BCUT2D eigenvalue weighted by molar-refractivity contribution is 6.78. The van der Waals surface area contributed by atoms with E-state index < -0.39 is 13.6 Å². The van der Waals surface area contributed by atoms with Crippen LogP contribution in [0, 0.1) is 5.92 Å². The Hall–Kier alpha value is -2.89. The van der Waals surface area contributed by atoms with E-state index in [0.29, 0.717) is 16.1 Å². The van der Waals surface area contributed by atoms with E-state index in [1.54, 1.807) is 12.1 Å². The smallest absolute Gasteiger partial charge is 0.253 e.